The monoisotopic (exact) mass is 292 g/mol. The van der Waals surface area contributed by atoms with Gasteiger partial charge in [0, 0.05) is 29.4 Å². The van der Waals surface area contributed by atoms with E-state index < -0.39 is 16.4 Å². The van der Waals surface area contributed by atoms with Gasteiger partial charge in [0.25, 0.3) is 0 Å². The third-order valence-electron chi connectivity index (χ3n) is 3.46. The van der Waals surface area contributed by atoms with E-state index in [1.807, 2.05) is 20.9 Å². The molecule has 0 atom stereocenters. The first-order valence-corrected chi connectivity index (χ1v) is 6.55. The molecule has 0 unspecified atom stereocenters. The van der Waals surface area contributed by atoms with Crippen molar-refractivity contribution < 1.29 is 9.31 Å². The van der Waals surface area contributed by atoms with Gasteiger partial charge in [-0.15, -0.1) is 0 Å². The van der Waals surface area contributed by atoms with Crippen LogP contribution in [0.15, 0.2) is 18.2 Å². The normalized spacial score (nSPS) is 10.9. The number of hydrogen-bond acceptors (Lipinski definition) is 4. The highest BCUT2D eigenvalue weighted by molar-refractivity contribution is 5.37. The SMILES string of the molecule is CNCc1c(C)nn(Cc2cccc([N+](=O)[O-])c2F)c1C. The summed E-state index contributed by atoms with van der Waals surface area (Å²) < 4.78 is 15.8. The Hall–Kier alpha value is -2.28. The highest BCUT2D eigenvalue weighted by Gasteiger charge is 2.19. The molecule has 112 valence electrons. The minimum Gasteiger partial charge on any atom is -0.316 e. The van der Waals surface area contributed by atoms with Crippen LogP contribution >= 0.6 is 0 Å². The maximum atomic E-state index is 14.1. The number of nitrogens with one attached hydrogen (secondary N) is 1. The first-order chi connectivity index (χ1) is 9.95. The van der Waals surface area contributed by atoms with Gasteiger partial charge in [-0.2, -0.15) is 9.49 Å². The standard InChI is InChI=1S/C14H17FN4O2/c1-9-12(7-16-3)10(2)18(17-9)8-11-5-4-6-13(14(11)15)19(20)21/h4-6,16H,7-8H2,1-3H3. The summed E-state index contributed by atoms with van der Waals surface area (Å²) in [5.74, 6) is -0.801. The summed E-state index contributed by atoms with van der Waals surface area (Å²) in [5.41, 5.74) is 2.60. The summed E-state index contributed by atoms with van der Waals surface area (Å²) in [6, 6.07) is 4.18. The van der Waals surface area contributed by atoms with Crippen LogP contribution < -0.4 is 5.32 Å². The van der Waals surface area contributed by atoms with Gasteiger partial charge in [-0.1, -0.05) is 12.1 Å². The number of halogens is 1. The highest BCUT2D eigenvalue weighted by atomic mass is 19.1. The summed E-state index contributed by atoms with van der Waals surface area (Å²) in [6.45, 7) is 4.64. The Labute approximate surface area is 121 Å². The van der Waals surface area contributed by atoms with Crippen LogP contribution in [0.2, 0.25) is 0 Å². The third kappa shape index (κ3) is 2.92. The number of rotatable bonds is 5. The third-order valence-corrected chi connectivity index (χ3v) is 3.46. The van der Waals surface area contributed by atoms with E-state index in [2.05, 4.69) is 10.4 Å². The van der Waals surface area contributed by atoms with E-state index in [-0.39, 0.29) is 12.1 Å². The second-order valence-corrected chi connectivity index (χ2v) is 4.84. The number of nitro benzene ring substituents is 1. The molecule has 7 heteroatoms. The zero-order chi connectivity index (χ0) is 15.6. The van der Waals surface area contributed by atoms with Crippen LogP contribution in [0, 0.1) is 29.8 Å². The zero-order valence-corrected chi connectivity index (χ0v) is 12.2. The summed E-state index contributed by atoms with van der Waals surface area (Å²) in [4.78, 5) is 10.1. The molecular weight excluding hydrogens is 275 g/mol. The number of nitro groups is 1. The summed E-state index contributed by atoms with van der Waals surface area (Å²) >= 11 is 0. The molecule has 0 amide bonds. The highest BCUT2D eigenvalue weighted by Crippen LogP contribution is 2.22. The zero-order valence-electron chi connectivity index (χ0n) is 12.2. The first-order valence-electron chi connectivity index (χ1n) is 6.55. The van der Waals surface area contributed by atoms with E-state index in [0.29, 0.717) is 6.54 Å². The molecule has 0 spiro atoms. The molecule has 0 saturated carbocycles. The fourth-order valence-electron chi connectivity index (χ4n) is 2.31. The molecule has 0 bridgehead atoms. The molecule has 21 heavy (non-hydrogen) atoms. The van der Waals surface area contributed by atoms with Gasteiger partial charge in [0.1, 0.15) is 0 Å². The van der Waals surface area contributed by atoms with Crippen LogP contribution in [-0.4, -0.2) is 21.8 Å². The van der Waals surface area contributed by atoms with Gasteiger partial charge in [0.15, 0.2) is 0 Å². The van der Waals surface area contributed by atoms with E-state index in [1.165, 1.54) is 12.1 Å². The molecule has 0 saturated heterocycles. The molecule has 1 aromatic carbocycles. The van der Waals surface area contributed by atoms with Crippen LogP contribution in [0.25, 0.3) is 0 Å². The van der Waals surface area contributed by atoms with Crippen molar-refractivity contribution in [2.45, 2.75) is 26.9 Å². The number of aromatic nitrogens is 2. The Bertz CT molecular complexity index is 682. The van der Waals surface area contributed by atoms with E-state index in [0.717, 1.165) is 23.0 Å². The average Bonchev–Trinajstić information content (AvgIpc) is 2.69. The molecule has 0 aliphatic heterocycles. The van der Waals surface area contributed by atoms with Crippen molar-refractivity contribution in [3.8, 4) is 0 Å². The molecule has 1 heterocycles. The number of benzene rings is 1. The lowest BCUT2D eigenvalue weighted by atomic mass is 10.1. The van der Waals surface area contributed by atoms with Crippen molar-refractivity contribution in [3.05, 3.63) is 56.6 Å². The molecule has 2 rings (SSSR count). The van der Waals surface area contributed by atoms with E-state index in [9.17, 15) is 14.5 Å². The lowest BCUT2D eigenvalue weighted by Gasteiger charge is -2.07. The fraction of sp³-hybridized carbons (Fsp3) is 0.357. The van der Waals surface area contributed by atoms with Crippen molar-refractivity contribution in [2.75, 3.05) is 7.05 Å². The second-order valence-electron chi connectivity index (χ2n) is 4.84. The topological polar surface area (TPSA) is 73.0 Å². The van der Waals surface area contributed by atoms with Crippen molar-refractivity contribution in [2.24, 2.45) is 0 Å². The molecule has 2 aromatic rings. The Kier molecular flexibility index (Phi) is 4.32. The Morgan fingerprint density at radius 2 is 2.14 bits per heavy atom. The smallest absolute Gasteiger partial charge is 0.305 e. The van der Waals surface area contributed by atoms with Gasteiger partial charge in [-0.05, 0) is 20.9 Å². The molecule has 6 nitrogen and oxygen atoms in total. The van der Waals surface area contributed by atoms with Crippen LogP contribution in [0.5, 0.6) is 0 Å². The van der Waals surface area contributed by atoms with Crippen molar-refractivity contribution >= 4 is 5.69 Å². The number of aryl methyl sites for hydroxylation is 1. The Balaban J connectivity index is 2.37. The predicted molar refractivity (Wildman–Crippen MR) is 76.6 cm³/mol. The molecule has 0 aliphatic rings. The Morgan fingerprint density at radius 3 is 2.76 bits per heavy atom. The van der Waals surface area contributed by atoms with Crippen molar-refractivity contribution in [1.82, 2.24) is 15.1 Å². The summed E-state index contributed by atoms with van der Waals surface area (Å²) in [5, 5.41) is 18.2. The average molecular weight is 292 g/mol. The van der Waals surface area contributed by atoms with Gasteiger partial charge < -0.3 is 5.32 Å². The quantitative estimate of drug-likeness (QED) is 0.678. The first kappa shape index (κ1) is 15.1. The van der Waals surface area contributed by atoms with Crippen molar-refractivity contribution in [1.29, 1.82) is 0 Å². The van der Waals surface area contributed by atoms with E-state index in [1.54, 1.807) is 4.68 Å². The van der Waals surface area contributed by atoms with Gasteiger partial charge in [-0.3, -0.25) is 14.8 Å². The predicted octanol–water partition coefficient (Wildman–Crippen LogP) is 2.31. The van der Waals surface area contributed by atoms with Gasteiger partial charge in [-0.25, -0.2) is 0 Å². The summed E-state index contributed by atoms with van der Waals surface area (Å²) in [6.07, 6.45) is 0. The van der Waals surface area contributed by atoms with Crippen LogP contribution in [0.1, 0.15) is 22.5 Å². The van der Waals surface area contributed by atoms with Crippen molar-refractivity contribution in [3.63, 3.8) is 0 Å². The number of hydrogen-bond donors (Lipinski definition) is 1. The van der Waals surface area contributed by atoms with Crippen LogP contribution in [-0.2, 0) is 13.1 Å². The maximum Gasteiger partial charge on any atom is 0.305 e. The Morgan fingerprint density at radius 1 is 1.43 bits per heavy atom. The molecule has 1 aromatic heterocycles. The van der Waals surface area contributed by atoms with Gasteiger partial charge >= 0.3 is 5.69 Å². The minimum atomic E-state index is -0.801. The second kappa shape index (κ2) is 6.01. The van der Waals surface area contributed by atoms with E-state index >= 15 is 0 Å². The van der Waals surface area contributed by atoms with Gasteiger partial charge in [0.05, 0.1) is 17.2 Å². The fourth-order valence-corrected chi connectivity index (χ4v) is 2.31. The van der Waals surface area contributed by atoms with Crippen LogP contribution in [0.3, 0.4) is 0 Å². The maximum absolute atomic E-state index is 14.1. The molecule has 1 N–H and O–H groups in total. The minimum absolute atomic E-state index is 0.171. The largest absolute Gasteiger partial charge is 0.316 e. The molecule has 0 aliphatic carbocycles. The molecule has 0 fully saturated rings. The lowest BCUT2D eigenvalue weighted by Crippen LogP contribution is -2.09. The van der Waals surface area contributed by atoms with E-state index in [4.69, 9.17) is 0 Å². The number of nitrogens with zero attached hydrogens (tertiary/aromatic N) is 3. The van der Waals surface area contributed by atoms with Crippen LogP contribution in [0.4, 0.5) is 10.1 Å². The summed E-state index contributed by atoms with van der Waals surface area (Å²) in [7, 11) is 1.84. The lowest BCUT2D eigenvalue weighted by molar-refractivity contribution is -0.387. The molecule has 0 radical (unpaired) electrons. The van der Waals surface area contributed by atoms with Gasteiger partial charge in [0.2, 0.25) is 5.82 Å². The molecular formula is C14H17FN4O2.